The summed E-state index contributed by atoms with van der Waals surface area (Å²) < 4.78 is 5.00. The van der Waals surface area contributed by atoms with E-state index < -0.39 is 5.97 Å². The van der Waals surface area contributed by atoms with E-state index in [0.29, 0.717) is 5.82 Å². The molecule has 2 rings (SSSR count). The molecule has 5 heteroatoms. The molecule has 0 saturated carbocycles. The zero-order valence-electron chi connectivity index (χ0n) is 11.2. The number of carbonyl (C=O) groups is 2. The fraction of sp³-hybridized carbons (Fsp3) is 0.133. The first-order chi connectivity index (χ1) is 9.56. The first-order valence-corrected chi connectivity index (χ1v) is 6.08. The summed E-state index contributed by atoms with van der Waals surface area (Å²) in [7, 11) is 0. The van der Waals surface area contributed by atoms with E-state index in [1.165, 1.54) is 6.92 Å². The molecule has 5 nitrogen and oxygen atoms in total. The van der Waals surface area contributed by atoms with Gasteiger partial charge in [-0.3, -0.25) is 9.59 Å². The van der Waals surface area contributed by atoms with Crippen LogP contribution in [0.25, 0.3) is 0 Å². The van der Waals surface area contributed by atoms with Crippen molar-refractivity contribution >= 4 is 17.7 Å². The van der Waals surface area contributed by atoms with Gasteiger partial charge in [-0.1, -0.05) is 18.2 Å². The lowest BCUT2D eigenvalue weighted by molar-refractivity contribution is -0.131. The lowest BCUT2D eigenvalue weighted by Crippen LogP contribution is -2.15. The Hall–Kier alpha value is -2.69. The number of benzene rings is 1. The van der Waals surface area contributed by atoms with Gasteiger partial charge in [0.15, 0.2) is 0 Å². The third kappa shape index (κ3) is 3.41. The topological polar surface area (TPSA) is 68.3 Å². The molecule has 1 N–H and O–H groups in total. The van der Waals surface area contributed by atoms with Crippen LogP contribution in [0.15, 0.2) is 42.6 Å². The van der Waals surface area contributed by atoms with Crippen molar-refractivity contribution in [1.82, 2.24) is 4.98 Å². The third-order valence-electron chi connectivity index (χ3n) is 2.54. The molecule has 1 amide bonds. The lowest BCUT2D eigenvalue weighted by atomic mass is 10.2. The molecule has 20 heavy (non-hydrogen) atoms. The number of hydrogen-bond donors (Lipinski definition) is 1. The monoisotopic (exact) mass is 270 g/mol. The van der Waals surface area contributed by atoms with Crippen LogP contribution < -0.4 is 10.1 Å². The molecule has 0 bridgehead atoms. The summed E-state index contributed by atoms with van der Waals surface area (Å²) in [6.45, 7) is 3.20. The Labute approximate surface area is 116 Å². The average Bonchev–Trinajstić information content (AvgIpc) is 2.41. The number of pyridine rings is 1. The Kier molecular flexibility index (Phi) is 4.10. The largest absolute Gasteiger partial charge is 0.426 e. The van der Waals surface area contributed by atoms with Gasteiger partial charge >= 0.3 is 5.97 Å². The van der Waals surface area contributed by atoms with Crippen molar-refractivity contribution in [1.29, 1.82) is 0 Å². The summed E-state index contributed by atoms with van der Waals surface area (Å²) in [6.07, 6.45) is 1.66. The van der Waals surface area contributed by atoms with Gasteiger partial charge < -0.3 is 10.1 Å². The van der Waals surface area contributed by atoms with Crippen LogP contribution in [0.1, 0.15) is 22.8 Å². The van der Waals surface area contributed by atoms with Crippen molar-refractivity contribution in [2.75, 3.05) is 5.32 Å². The summed E-state index contributed by atoms with van der Waals surface area (Å²) in [6, 6.07) is 10.1. The maximum atomic E-state index is 12.2. The van der Waals surface area contributed by atoms with E-state index >= 15 is 0 Å². The van der Waals surface area contributed by atoms with Crippen molar-refractivity contribution in [2.45, 2.75) is 13.8 Å². The molecule has 0 atom stereocenters. The second-order valence-electron chi connectivity index (χ2n) is 4.26. The molecule has 0 radical (unpaired) electrons. The SMILES string of the molecule is CC(=O)Oc1ccccc1C(=O)Nc1ccc(C)cn1. The fourth-order valence-electron chi connectivity index (χ4n) is 1.62. The number of ether oxygens (including phenoxy) is 1. The van der Waals surface area contributed by atoms with Gasteiger partial charge in [0, 0.05) is 13.1 Å². The van der Waals surface area contributed by atoms with Gasteiger partial charge in [-0.2, -0.15) is 0 Å². The van der Waals surface area contributed by atoms with Crippen LogP contribution in [0.2, 0.25) is 0 Å². The predicted octanol–water partition coefficient (Wildman–Crippen LogP) is 2.57. The molecule has 0 spiro atoms. The van der Waals surface area contributed by atoms with Crippen molar-refractivity contribution in [3.05, 3.63) is 53.7 Å². The molecule has 2 aromatic rings. The zero-order valence-corrected chi connectivity index (χ0v) is 11.2. The van der Waals surface area contributed by atoms with Crippen LogP contribution >= 0.6 is 0 Å². The summed E-state index contributed by atoms with van der Waals surface area (Å²) >= 11 is 0. The van der Waals surface area contributed by atoms with Crippen molar-refractivity contribution < 1.29 is 14.3 Å². The Balaban J connectivity index is 2.20. The Morgan fingerprint density at radius 2 is 1.90 bits per heavy atom. The minimum Gasteiger partial charge on any atom is -0.426 e. The predicted molar refractivity (Wildman–Crippen MR) is 74.7 cm³/mol. The standard InChI is InChI=1S/C15H14N2O3/c1-10-7-8-14(16-9-10)17-15(19)12-5-3-4-6-13(12)20-11(2)18/h3-9H,1-2H3,(H,16,17,19). The molecule has 0 aliphatic rings. The number of esters is 1. The van der Waals surface area contributed by atoms with Crippen LogP contribution in [0, 0.1) is 6.92 Å². The molecule has 0 fully saturated rings. The molecule has 1 heterocycles. The number of nitrogens with one attached hydrogen (secondary N) is 1. The molecular weight excluding hydrogens is 256 g/mol. The van der Waals surface area contributed by atoms with Crippen LogP contribution in [0.4, 0.5) is 5.82 Å². The lowest BCUT2D eigenvalue weighted by Gasteiger charge is -2.09. The number of para-hydroxylation sites is 1. The number of aryl methyl sites for hydroxylation is 1. The molecular formula is C15H14N2O3. The number of rotatable bonds is 3. The van der Waals surface area contributed by atoms with Gasteiger partial charge in [-0.05, 0) is 30.7 Å². The third-order valence-corrected chi connectivity index (χ3v) is 2.54. The van der Waals surface area contributed by atoms with Gasteiger partial charge in [0.1, 0.15) is 11.6 Å². The van der Waals surface area contributed by atoms with E-state index in [1.807, 2.05) is 13.0 Å². The van der Waals surface area contributed by atoms with Gasteiger partial charge in [0.05, 0.1) is 5.56 Å². The van der Waals surface area contributed by atoms with Gasteiger partial charge in [0.25, 0.3) is 5.91 Å². The maximum absolute atomic E-state index is 12.2. The molecule has 1 aromatic heterocycles. The molecule has 0 aliphatic heterocycles. The Bertz CT molecular complexity index is 636. The van der Waals surface area contributed by atoms with E-state index in [0.717, 1.165) is 5.56 Å². The molecule has 1 aromatic carbocycles. The van der Waals surface area contributed by atoms with E-state index in [9.17, 15) is 9.59 Å². The van der Waals surface area contributed by atoms with E-state index in [1.54, 1.807) is 36.5 Å². The highest BCUT2D eigenvalue weighted by atomic mass is 16.5. The van der Waals surface area contributed by atoms with Crippen LogP contribution in [-0.4, -0.2) is 16.9 Å². The van der Waals surface area contributed by atoms with E-state index in [-0.39, 0.29) is 17.2 Å². The second-order valence-corrected chi connectivity index (χ2v) is 4.26. The summed E-state index contributed by atoms with van der Waals surface area (Å²) in [5, 5.41) is 2.66. The highest BCUT2D eigenvalue weighted by molar-refractivity contribution is 6.06. The maximum Gasteiger partial charge on any atom is 0.308 e. The molecule has 0 unspecified atom stereocenters. The normalized spacial score (nSPS) is 9.90. The minimum atomic E-state index is -0.473. The number of amides is 1. The van der Waals surface area contributed by atoms with E-state index in [4.69, 9.17) is 4.74 Å². The fourth-order valence-corrected chi connectivity index (χ4v) is 1.62. The Morgan fingerprint density at radius 1 is 1.15 bits per heavy atom. The summed E-state index contributed by atoms with van der Waals surface area (Å²) in [4.78, 5) is 27.3. The van der Waals surface area contributed by atoms with Gasteiger partial charge in [-0.15, -0.1) is 0 Å². The van der Waals surface area contributed by atoms with Crippen LogP contribution in [0.5, 0.6) is 5.75 Å². The van der Waals surface area contributed by atoms with Crippen LogP contribution in [0.3, 0.4) is 0 Å². The smallest absolute Gasteiger partial charge is 0.308 e. The first kappa shape index (κ1) is 13.7. The minimum absolute atomic E-state index is 0.226. The van der Waals surface area contributed by atoms with Crippen molar-refractivity contribution in [3.8, 4) is 5.75 Å². The number of anilines is 1. The number of hydrogen-bond acceptors (Lipinski definition) is 4. The molecule has 0 aliphatic carbocycles. The summed E-state index contributed by atoms with van der Waals surface area (Å²) in [5.74, 6) is -0.181. The average molecular weight is 270 g/mol. The van der Waals surface area contributed by atoms with Crippen LogP contribution in [-0.2, 0) is 4.79 Å². The molecule has 102 valence electrons. The van der Waals surface area contributed by atoms with Crippen molar-refractivity contribution in [3.63, 3.8) is 0 Å². The first-order valence-electron chi connectivity index (χ1n) is 6.08. The van der Waals surface area contributed by atoms with Gasteiger partial charge in [-0.25, -0.2) is 4.98 Å². The van der Waals surface area contributed by atoms with Gasteiger partial charge in [0.2, 0.25) is 0 Å². The summed E-state index contributed by atoms with van der Waals surface area (Å²) in [5.41, 5.74) is 1.29. The number of aromatic nitrogens is 1. The second kappa shape index (κ2) is 5.97. The Morgan fingerprint density at radius 3 is 2.55 bits per heavy atom. The molecule has 0 saturated heterocycles. The van der Waals surface area contributed by atoms with E-state index in [2.05, 4.69) is 10.3 Å². The quantitative estimate of drug-likeness (QED) is 0.687. The van der Waals surface area contributed by atoms with Crippen molar-refractivity contribution in [2.24, 2.45) is 0 Å². The number of carbonyl (C=O) groups excluding carboxylic acids is 2. The zero-order chi connectivity index (χ0) is 14.5. The highest BCUT2D eigenvalue weighted by Crippen LogP contribution is 2.19. The number of nitrogens with zero attached hydrogens (tertiary/aromatic N) is 1. The highest BCUT2D eigenvalue weighted by Gasteiger charge is 2.13.